The largest absolute Gasteiger partial charge is 0.493 e. The summed E-state index contributed by atoms with van der Waals surface area (Å²) < 4.78 is 23.8. The van der Waals surface area contributed by atoms with Crippen molar-refractivity contribution in [1.29, 1.82) is 0 Å². The van der Waals surface area contributed by atoms with Gasteiger partial charge in [-0.15, -0.1) is 0 Å². The van der Waals surface area contributed by atoms with Crippen LogP contribution in [-0.4, -0.2) is 43.6 Å². The first-order chi connectivity index (χ1) is 12.4. The first-order valence-corrected chi connectivity index (χ1v) is 9.04. The van der Waals surface area contributed by atoms with Gasteiger partial charge in [0.15, 0.2) is 5.79 Å². The molecule has 138 valence electrons. The molecule has 0 aromatic heterocycles. The maximum absolute atomic E-state index is 10.9. The highest BCUT2D eigenvalue weighted by Crippen LogP contribution is 2.37. The van der Waals surface area contributed by atoms with Crippen molar-refractivity contribution < 1.29 is 23.7 Å². The third-order valence-corrected chi connectivity index (χ3v) is 5.04. The van der Waals surface area contributed by atoms with Crippen molar-refractivity contribution in [3.8, 4) is 5.75 Å². The van der Waals surface area contributed by atoms with Crippen molar-refractivity contribution in [2.75, 3.05) is 13.2 Å². The van der Waals surface area contributed by atoms with Gasteiger partial charge in [-0.05, 0) is 42.8 Å². The van der Waals surface area contributed by atoms with Gasteiger partial charge in [0.1, 0.15) is 24.2 Å². The first kappa shape index (κ1) is 17.5. The zero-order chi connectivity index (χ0) is 18.3. The lowest BCUT2D eigenvalue weighted by molar-refractivity contribution is -0.180. The van der Waals surface area contributed by atoms with Gasteiger partial charge in [0.2, 0.25) is 0 Å². The van der Waals surface area contributed by atoms with Crippen molar-refractivity contribution >= 4 is 17.1 Å². The van der Waals surface area contributed by atoms with Crippen LogP contribution in [0.1, 0.15) is 31.1 Å². The van der Waals surface area contributed by atoms with E-state index < -0.39 is 5.79 Å². The topological polar surface area (TPSA) is 54.0 Å². The summed E-state index contributed by atoms with van der Waals surface area (Å²) in [6.07, 6.45) is 0.792. The van der Waals surface area contributed by atoms with E-state index in [9.17, 15) is 4.79 Å². The van der Waals surface area contributed by atoms with Crippen LogP contribution in [-0.2, 0) is 14.2 Å². The lowest BCUT2D eigenvalue weighted by Crippen LogP contribution is -2.36. The van der Waals surface area contributed by atoms with Crippen LogP contribution in [0.25, 0.3) is 10.8 Å². The summed E-state index contributed by atoms with van der Waals surface area (Å²) in [4.78, 5) is 10.9. The molecule has 0 amide bonds. The second-order valence-electron chi connectivity index (χ2n) is 7.61. The Kier molecular flexibility index (Phi) is 4.47. The molecule has 2 aliphatic heterocycles. The Balaban J connectivity index is 1.41. The summed E-state index contributed by atoms with van der Waals surface area (Å²) in [6, 6.07) is 11.5. The molecule has 2 aromatic rings. The number of hydrogen-bond acceptors (Lipinski definition) is 5. The Morgan fingerprint density at radius 1 is 1.19 bits per heavy atom. The van der Waals surface area contributed by atoms with Gasteiger partial charge in [-0.3, -0.25) is 4.79 Å². The minimum Gasteiger partial charge on any atom is -0.493 e. The average molecular weight is 356 g/mol. The molecule has 5 heteroatoms. The molecule has 2 aliphatic rings. The number of fused-ring (bicyclic) bond motifs is 2. The first-order valence-electron chi connectivity index (χ1n) is 9.04. The van der Waals surface area contributed by atoms with Gasteiger partial charge in [-0.25, -0.2) is 0 Å². The van der Waals surface area contributed by atoms with Crippen LogP contribution in [0, 0.1) is 5.92 Å². The summed E-state index contributed by atoms with van der Waals surface area (Å²) in [5, 5.41) is 2.07. The van der Waals surface area contributed by atoms with E-state index in [0.29, 0.717) is 18.8 Å². The Hall–Kier alpha value is -1.95. The average Bonchev–Trinajstić information content (AvgIpc) is 3.13. The smallest absolute Gasteiger partial charge is 0.164 e. The Labute approximate surface area is 153 Å². The highest BCUT2D eigenvalue weighted by molar-refractivity contribution is 5.89. The minimum absolute atomic E-state index is 0.00475. The van der Waals surface area contributed by atoms with Crippen LogP contribution in [0.5, 0.6) is 5.75 Å². The zero-order valence-electron chi connectivity index (χ0n) is 15.3. The van der Waals surface area contributed by atoms with Gasteiger partial charge >= 0.3 is 0 Å². The molecule has 0 aliphatic carbocycles. The molecule has 2 fully saturated rings. The molecule has 0 spiro atoms. The summed E-state index contributed by atoms with van der Waals surface area (Å²) >= 11 is 0. The predicted octanol–water partition coefficient (Wildman–Crippen LogP) is 3.59. The van der Waals surface area contributed by atoms with E-state index in [1.165, 1.54) is 0 Å². The fourth-order valence-electron chi connectivity index (χ4n) is 3.79. The van der Waals surface area contributed by atoms with Gasteiger partial charge in [-0.1, -0.05) is 25.1 Å². The SMILES string of the molecule is CC(COc1ccc2cc(C=O)ccc2c1)[C@@H]1OC[C@H]2OC(C)(C)O[C@H]21. The minimum atomic E-state index is -0.545. The van der Waals surface area contributed by atoms with Gasteiger partial charge in [0.05, 0.1) is 19.3 Å². The molecule has 1 unspecified atom stereocenters. The number of rotatable bonds is 5. The third kappa shape index (κ3) is 3.34. The zero-order valence-corrected chi connectivity index (χ0v) is 15.3. The van der Waals surface area contributed by atoms with Crippen LogP contribution in [0.4, 0.5) is 0 Å². The molecule has 5 nitrogen and oxygen atoms in total. The van der Waals surface area contributed by atoms with Crippen LogP contribution >= 0.6 is 0 Å². The number of ether oxygens (including phenoxy) is 4. The van der Waals surface area contributed by atoms with E-state index in [1.54, 1.807) is 0 Å². The predicted molar refractivity (Wildman–Crippen MR) is 97.6 cm³/mol. The molecular weight excluding hydrogens is 332 g/mol. The van der Waals surface area contributed by atoms with Gasteiger partial charge in [0.25, 0.3) is 0 Å². The van der Waals surface area contributed by atoms with Crippen LogP contribution in [0.3, 0.4) is 0 Å². The maximum atomic E-state index is 10.9. The Morgan fingerprint density at radius 2 is 1.96 bits per heavy atom. The molecule has 0 saturated carbocycles. The normalized spacial score (nSPS) is 28.0. The second kappa shape index (κ2) is 6.65. The highest BCUT2D eigenvalue weighted by atomic mass is 16.8. The molecule has 4 atom stereocenters. The third-order valence-electron chi connectivity index (χ3n) is 5.04. The molecule has 0 N–H and O–H groups in total. The van der Waals surface area contributed by atoms with Crippen molar-refractivity contribution in [3.05, 3.63) is 42.0 Å². The lowest BCUT2D eigenvalue weighted by Gasteiger charge is -2.25. The van der Waals surface area contributed by atoms with Crippen molar-refractivity contribution in [1.82, 2.24) is 0 Å². The van der Waals surface area contributed by atoms with Gasteiger partial charge in [0, 0.05) is 11.5 Å². The summed E-state index contributed by atoms with van der Waals surface area (Å²) in [5.41, 5.74) is 0.675. The number of benzene rings is 2. The van der Waals surface area contributed by atoms with E-state index >= 15 is 0 Å². The second-order valence-corrected chi connectivity index (χ2v) is 7.61. The number of hydrogen-bond donors (Lipinski definition) is 0. The molecule has 26 heavy (non-hydrogen) atoms. The fourth-order valence-corrected chi connectivity index (χ4v) is 3.79. The van der Waals surface area contributed by atoms with Gasteiger partial charge in [-0.2, -0.15) is 0 Å². The summed E-state index contributed by atoms with van der Waals surface area (Å²) in [6.45, 7) is 7.09. The van der Waals surface area contributed by atoms with Crippen molar-refractivity contribution in [2.24, 2.45) is 5.92 Å². The molecule has 0 bridgehead atoms. The summed E-state index contributed by atoms with van der Waals surface area (Å²) in [5.74, 6) is 0.439. The molecule has 0 radical (unpaired) electrons. The van der Waals surface area contributed by atoms with Crippen molar-refractivity contribution in [2.45, 2.75) is 44.9 Å². The quantitative estimate of drug-likeness (QED) is 0.767. The number of aldehydes is 1. The maximum Gasteiger partial charge on any atom is 0.164 e. The molecule has 2 aromatic carbocycles. The monoisotopic (exact) mass is 356 g/mol. The van der Waals surface area contributed by atoms with Crippen molar-refractivity contribution in [3.63, 3.8) is 0 Å². The summed E-state index contributed by atoms with van der Waals surface area (Å²) in [7, 11) is 0. The van der Waals surface area contributed by atoms with Crippen LogP contribution < -0.4 is 4.74 Å². The van der Waals surface area contributed by atoms with E-state index in [4.69, 9.17) is 18.9 Å². The van der Waals surface area contributed by atoms with Crippen LogP contribution in [0.2, 0.25) is 0 Å². The molecule has 2 saturated heterocycles. The number of carbonyl (C=O) groups excluding carboxylic acids is 1. The standard InChI is InChI=1S/C21H24O5/c1-13(19-20-18(12-24-19)25-21(2,3)26-20)11-23-17-7-6-15-8-14(10-22)4-5-16(15)9-17/h4-10,13,18-20H,11-12H2,1-3H3/t13?,18-,19+,20-/m1/s1. The van der Waals surface area contributed by atoms with Gasteiger partial charge < -0.3 is 18.9 Å². The number of carbonyl (C=O) groups is 1. The van der Waals surface area contributed by atoms with E-state index in [1.807, 2.05) is 50.2 Å². The molecular formula is C21H24O5. The fraction of sp³-hybridized carbons (Fsp3) is 0.476. The van der Waals surface area contributed by atoms with E-state index in [-0.39, 0.29) is 24.2 Å². The lowest BCUT2D eigenvalue weighted by atomic mass is 9.99. The molecule has 4 rings (SSSR count). The molecule has 2 heterocycles. The van der Waals surface area contributed by atoms with E-state index in [2.05, 4.69) is 6.92 Å². The van der Waals surface area contributed by atoms with E-state index in [0.717, 1.165) is 22.8 Å². The highest BCUT2D eigenvalue weighted by Gasteiger charge is 2.51. The Bertz CT molecular complexity index is 815. The Morgan fingerprint density at radius 3 is 2.77 bits per heavy atom. The van der Waals surface area contributed by atoms with Crippen LogP contribution in [0.15, 0.2) is 36.4 Å².